The Morgan fingerprint density at radius 3 is 2.69 bits per heavy atom. The smallest absolute Gasteiger partial charge is 0.308 e. The van der Waals surface area contributed by atoms with Crippen molar-refractivity contribution in [1.82, 2.24) is 0 Å². The summed E-state index contributed by atoms with van der Waals surface area (Å²) >= 11 is 0. The van der Waals surface area contributed by atoms with Gasteiger partial charge < -0.3 is 14.6 Å². The Kier molecular flexibility index (Phi) is 8.94. The Morgan fingerprint density at radius 1 is 1.34 bits per heavy atom. The van der Waals surface area contributed by atoms with Gasteiger partial charge in [-0.2, -0.15) is 0 Å². The average molecular weight is 407 g/mol. The van der Waals surface area contributed by atoms with Gasteiger partial charge in [0.25, 0.3) is 0 Å². The van der Waals surface area contributed by atoms with Crippen molar-refractivity contribution >= 4 is 11.9 Å². The monoisotopic (exact) mass is 406 g/mol. The normalized spacial score (nSPS) is 34.7. The number of aliphatic hydroxyl groups is 1. The van der Waals surface area contributed by atoms with Crippen molar-refractivity contribution in [2.75, 3.05) is 0 Å². The Morgan fingerprint density at radius 2 is 2.07 bits per heavy atom. The van der Waals surface area contributed by atoms with E-state index in [9.17, 15) is 9.59 Å². The fourth-order valence-electron chi connectivity index (χ4n) is 4.21. The minimum Gasteiger partial charge on any atom is -0.462 e. The van der Waals surface area contributed by atoms with Crippen LogP contribution in [0.3, 0.4) is 0 Å². The van der Waals surface area contributed by atoms with Gasteiger partial charge in [-0.1, -0.05) is 52.8 Å². The van der Waals surface area contributed by atoms with Crippen LogP contribution in [0.4, 0.5) is 0 Å². The maximum absolute atomic E-state index is 12.0. The third-order valence-electron chi connectivity index (χ3n) is 6.58. The molecule has 29 heavy (non-hydrogen) atoms. The molecule has 1 fully saturated rings. The lowest BCUT2D eigenvalue weighted by atomic mass is 9.69. The van der Waals surface area contributed by atoms with E-state index in [-0.39, 0.29) is 36.5 Å². The number of carbonyl (C=O) groups excluding carboxylic acids is 2. The van der Waals surface area contributed by atoms with Crippen LogP contribution in [0.5, 0.6) is 0 Å². The second-order valence-electron chi connectivity index (χ2n) is 8.78. The van der Waals surface area contributed by atoms with Crippen LogP contribution in [-0.4, -0.2) is 35.4 Å². The average Bonchev–Trinajstić information content (AvgIpc) is 2.69. The molecule has 2 aliphatic carbocycles. The molecule has 0 bridgehead atoms. The van der Waals surface area contributed by atoms with Crippen molar-refractivity contribution < 1.29 is 24.2 Å². The molecule has 0 aromatic rings. The SMILES string of the molecule is CC[C@@H](C)C(=O)O[C@H]1CCC=C2C=C[C@H](C)[C@H](C)[C@H]21.CC[C@@H]1C[C@@H](O)CC(=O)O1. The van der Waals surface area contributed by atoms with Crippen molar-refractivity contribution in [3.8, 4) is 0 Å². The molecule has 0 spiro atoms. The van der Waals surface area contributed by atoms with Gasteiger partial charge in [0, 0.05) is 12.3 Å². The largest absolute Gasteiger partial charge is 0.462 e. The van der Waals surface area contributed by atoms with Crippen LogP contribution >= 0.6 is 0 Å². The Hall–Kier alpha value is -1.62. The molecule has 7 atom stereocenters. The van der Waals surface area contributed by atoms with E-state index in [4.69, 9.17) is 14.6 Å². The number of fused-ring (bicyclic) bond motifs is 1. The molecule has 3 rings (SSSR count). The third kappa shape index (κ3) is 6.43. The second kappa shape index (κ2) is 11.0. The highest BCUT2D eigenvalue weighted by molar-refractivity contribution is 5.72. The first-order chi connectivity index (χ1) is 13.8. The predicted octanol–water partition coefficient (Wildman–Crippen LogP) is 4.59. The summed E-state index contributed by atoms with van der Waals surface area (Å²) in [6, 6.07) is 0. The van der Waals surface area contributed by atoms with Gasteiger partial charge in [-0.3, -0.25) is 9.59 Å². The minimum atomic E-state index is -0.480. The summed E-state index contributed by atoms with van der Waals surface area (Å²) in [5.41, 5.74) is 1.37. The van der Waals surface area contributed by atoms with Crippen LogP contribution in [0.1, 0.15) is 73.1 Å². The number of hydrogen-bond acceptors (Lipinski definition) is 5. The summed E-state index contributed by atoms with van der Waals surface area (Å²) in [6.45, 7) is 10.5. The van der Waals surface area contributed by atoms with Crippen LogP contribution in [0, 0.1) is 23.7 Å². The zero-order chi connectivity index (χ0) is 21.6. The van der Waals surface area contributed by atoms with Crippen molar-refractivity contribution in [1.29, 1.82) is 0 Å². The Bertz CT molecular complexity index is 623. The highest BCUT2D eigenvalue weighted by Gasteiger charge is 2.38. The van der Waals surface area contributed by atoms with Crippen LogP contribution in [0.2, 0.25) is 0 Å². The van der Waals surface area contributed by atoms with Gasteiger partial charge >= 0.3 is 11.9 Å². The van der Waals surface area contributed by atoms with Crippen molar-refractivity contribution in [3.63, 3.8) is 0 Å². The highest BCUT2D eigenvalue weighted by Crippen LogP contribution is 2.41. The van der Waals surface area contributed by atoms with Gasteiger partial charge in [0.1, 0.15) is 12.2 Å². The van der Waals surface area contributed by atoms with Crippen LogP contribution < -0.4 is 0 Å². The van der Waals surface area contributed by atoms with Crippen molar-refractivity contribution in [3.05, 3.63) is 23.8 Å². The summed E-state index contributed by atoms with van der Waals surface area (Å²) in [6.07, 6.45) is 10.8. The predicted molar refractivity (Wildman–Crippen MR) is 113 cm³/mol. The van der Waals surface area contributed by atoms with Gasteiger partial charge in [-0.15, -0.1) is 0 Å². The first-order valence-corrected chi connectivity index (χ1v) is 11.2. The number of ether oxygens (including phenoxy) is 2. The zero-order valence-electron chi connectivity index (χ0n) is 18.6. The number of rotatable bonds is 4. The molecule has 1 aliphatic heterocycles. The number of aliphatic hydroxyl groups excluding tert-OH is 1. The molecule has 5 heteroatoms. The van der Waals surface area contributed by atoms with Crippen molar-refractivity contribution in [2.45, 2.75) is 91.5 Å². The zero-order valence-corrected chi connectivity index (χ0v) is 18.6. The molecule has 0 aromatic carbocycles. The lowest BCUT2D eigenvalue weighted by Crippen LogP contribution is -2.38. The maximum Gasteiger partial charge on any atom is 0.308 e. The summed E-state index contributed by atoms with van der Waals surface area (Å²) in [5, 5.41) is 9.08. The Balaban J connectivity index is 0.000000253. The van der Waals surface area contributed by atoms with Gasteiger partial charge in [-0.05, 0) is 43.1 Å². The van der Waals surface area contributed by atoms with Crippen LogP contribution in [0.15, 0.2) is 23.8 Å². The van der Waals surface area contributed by atoms with Gasteiger partial charge in [0.05, 0.1) is 18.4 Å². The van der Waals surface area contributed by atoms with E-state index < -0.39 is 6.10 Å². The van der Waals surface area contributed by atoms with Crippen LogP contribution in [0.25, 0.3) is 0 Å². The summed E-state index contributed by atoms with van der Waals surface area (Å²) in [5.74, 6) is 1.22. The highest BCUT2D eigenvalue weighted by atomic mass is 16.5. The molecule has 0 radical (unpaired) electrons. The van der Waals surface area contributed by atoms with Gasteiger partial charge in [0.2, 0.25) is 0 Å². The van der Waals surface area contributed by atoms with E-state index in [0.717, 1.165) is 25.7 Å². The molecule has 1 N–H and O–H groups in total. The first kappa shape index (κ1) is 23.7. The maximum atomic E-state index is 12.0. The number of allylic oxidation sites excluding steroid dienone is 3. The molecule has 164 valence electrons. The van der Waals surface area contributed by atoms with Gasteiger partial charge in [0.15, 0.2) is 0 Å². The standard InChI is InChI=1S/C17H26O2.C7H12O3/c1-5-11(2)17(18)19-15-8-6-7-14-10-9-12(3)13(4)16(14)15;1-2-6-3-5(8)4-7(9)10-6/h7,9-13,15-16H,5-6,8H2,1-4H3;5-6,8H,2-4H2,1H3/t11-,12+,13+,15+,16-;5-,6-/m11/s1. The fourth-order valence-corrected chi connectivity index (χ4v) is 4.21. The van der Waals surface area contributed by atoms with E-state index >= 15 is 0 Å². The van der Waals surface area contributed by atoms with E-state index in [1.54, 1.807) is 0 Å². The quantitative estimate of drug-likeness (QED) is 0.692. The van der Waals surface area contributed by atoms with E-state index in [1.807, 2.05) is 20.8 Å². The second-order valence-corrected chi connectivity index (χ2v) is 8.78. The van der Waals surface area contributed by atoms with E-state index in [2.05, 4.69) is 32.1 Å². The molecule has 3 aliphatic rings. The third-order valence-corrected chi connectivity index (χ3v) is 6.58. The van der Waals surface area contributed by atoms with E-state index in [0.29, 0.717) is 24.2 Å². The van der Waals surface area contributed by atoms with Crippen LogP contribution in [-0.2, 0) is 19.1 Å². The molecular formula is C24H38O5. The molecule has 1 heterocycles. The lowest BCUT2D eigenvalue weighted by molar-refractivity contribution is -0.160. The summed E-state index contributed by atoms with van der Waals surface area (Å²) in [7, 11) is 0. The molecule has 1 saturated heterocycles. The summed E-state index contributed by atoms with van der Waals surface area (Å²) < 4.78 is 10.7. The molecule has 0 aromatic heterocycles. The molecule has 0 amide bonds. The number of carbonyl (C=O) groups is 2. The number of cyclic esters (lactones) is 1. The molecule has 5 nitrogen and oxygen atoms in total. The Labute approximate surface area is 175 Å². The minimum absolute atomic E-state index is 0.0150. The first-order valence-electron chi connectivity index (χ1n) is 11.2. The molecule has 0 unspecified atom stereocenters. The number of esters is 2. The lowest BCUT2D eigenvalue weighted by Gasteiger charge is -2.40. The van der Waals surface area contributed by atoms with Crippen molar-refractivity contribution in [2.24, 2.45) is 23.7 Å². The van der Waals surface area contributed by atoms with Gasteiger partial charge in [-0.25, -0.2) is 0 Å². The van der Waals surface area contributed by atoms with E-state index in [1.165, 1.54) is 5.57 Å². The molecule has 0 saturated carbocycles. The topological polar surface area (TPSA) is 72.8 Å². The summed E-state index contributed by atoms with van der Waals surface area (Å²) in [4.78, 5) is 22.7. The number of hydrogen-bond donors (Lipinski definition) is 1. The molecular weight excluding hydrogens is 368 g/mol. The fraction of sp³-hybridized carbons (Fsp3) is 0.750.